The highest BCUT2D eigenvalue weighted by Gasteiger charge is 2.11. The van der Waals surface area contributed by atoms with Crippen LogP contribution in [0.15, 0.2) is 28.3 Å². The molecule has 0 aliphatic rings. The van der Waals surface area contributed by atoms with Crippen molar-refractivity contribution in [1.82, 2.24) is 14.9 Å². The van der Waals surface area contributed by atoms with Gasteiger partial charge in [-0.25, -0.2) is 4.68 Å². The summed E-state index contributed by atoms with van der Waals surface area (Å²) in [5, 5.41) is 17.3. The number of nitrogens with zero attached hydrogens (tertiary/aromatic N) is 4. The summed E-state index contributed by atoms with van der Waals surface area (Å²) in [5.74, 6) is 6.56. The van der Waals surface area contributed by atoms with Crippen LogP contribution >= 0.6 is 11.8 Å². The second-order valence-electron chi connectivity index (χ2n) is 3.59. The second-order valence-corrected chi connectivity index (χ2v) is 4.60. The zero-order valence-electron chi connectivity index (χ0n) is 9.79. The van der Waals surface area contributed by atoms with Crippen LogP contribution in [0.5, 0.6) is 0 Å². The molecule has 0 aliphatic heterocycles. The zero-order valence-corrected chi connectivity index (χ0v) is 10.6. The first-order valence-corrected chi connectivity index (χ1v) is 6.14. The lowest BCUT2D eigenvalue weighted by molar-refractivity contribution is 0.796. The van der Waals surface area contributed by atoms with Crippen LogP contribution in [0.25, 0.3) is 0 Å². The van der Waals surface area contributed by atoms with Gasteiger partial charge in [-0.3, -0.25) is 0 Å². The summed E-state index contributed by atoms with van der Waals surface area (Å²) in [4.78, 5) is 0.802. The smallest absolute Gasteiger partial charge is 0.214 e. The quantitative estimate of drug-likeness (QED) is 0.633. The van der Waals surface area contributed by atoms with Gasteiger partial charge in [-0.2, -0.15) is 5.26 Å². The lowest BCUT2D eigenvalue weighted by atomic mass is 10.2. The monoisotopic (exact) mass is 260 g/mol. The fourth-order valence-corrected chi connectivity index (χ4v) is 2.22. The first-order valence-electron chi connectivity index (χ1n) is 5.32. The maximum Gasteiger partial charge on any atom is 0.214 e. The Hall–Kier alpha value is -2.20. The summed E-state index contributed by atoms with van der Waals surface area (Å²) in [5.41, 5.74) is 6.92. The minimum absolute atomic E-state index is 0.528. The van der Waals surface area contributed by atoms with E-state index in [0.29, 0.717) is 28.7 Å². The molecule has 2 rings (SSSR count). The normalized spacial score (nSPS) is 10.2. The van der Waals surface area contributed by atoms with Crippen LogP contribution in [0, 0.1) is 11.3 Å². The maximum atomic E-state index is 8.76. The number of benzene rings is 1. The van der Waals surface area contributed by atoms with E-state index in [2.05, 4.69) is 10.2 Å². The van der Waals surface area contributed by atoms with Crippen molar-refractivity contribution in [2.45, 2.75) is 23.4 Å². The third-order valence-electron chi connectivity index (χ3n) is 2.39. The molecule has 18 heavy (non-hydrogen) atoms. The Morgan fingerprint density at radius 1 is 1.44 bits per heavy atom. The van der Waals surface area contributed by atoms with E-state index < -0.39 is 0 Å². The predicted octanol–water partition coefficient (Wildman–Crippen LogP) is 1.16. The largest absolute Gasteiger partial charge is 0.398 e. The van der Waals surface area contributed by atoms with Crippen LogP contribution in [0.4, 0.5) is 5.69 Å². The Kier molecular flexibility index (Phi) is 3.39. The van der Waals surface area contributed by atoms with Crippen LogP contribution < -0.4 is 11.6 Å². The minimum Gasteiger partial charge on any atom is -0.398 e. The van der Waals surface area contributed by atoms with Gasteiger partial charge in [-0.05, 0) is 30.0 Å². The number of aryl methyl sites for hydroxylation is 1. The number of anilines is 1. The molecule has 92 valence electrons. The molecule has 4 N–H and O–H groups in total. The van der Waals surface area contributed by atoms with E-state index in [1.54, 1.807) is 18.2 Å². The molecule has 0 radical (unpaired) electrons. The lowest BCUT2D eigenvalue weighted by Gasteiger charge is -2.05. The van der Waals surface area contributed by atoms with Crippen molar-refractivity contribution in [1.29, 1.82) is 5.26 Å². The summed E-state index contributed by atoms with van der Waals surface area (Å²) in [7, 11) is 0. The first-order chi connectivity index (χ1) is 8.65. The molecule has 0 aliphatic carbocycles. The van der Waals surface area contributed by atoms with Crippen LogP contribution in [-0.4, -0.2) is 14.9 Å². The Balaban J connectivity index is 2.29. The van der Waals surface area contributed by atoms with Gasteiger partial charge in [0.15, 0.2) is 5.82 Å². The molecule has 1 aromatic carbocycles. The summed E-state index contributed by atoms with van der Waals surface area (Å²) in [6, 6.07) is 7.14. The predicted molar refractivity (Wildman–Crippen MR) is 69.2 cm³/mol. The van der Waals surface area contributed by atoms with E-state index in [1.807, 2.05) is 13.0 Å². The van der Waals surface area contributed by atoms with E-state index in [4.69, 9.17) is 16.8 Å². The van der Waals surface area contributed by atoms with E-state index >= 15 is 0 Å². The molecule has 0 bridgehead atoms. The van der Waals surface area contributed by atoms with Crippen molar-refractivity contribution in [2.75, 3.05) is 11.6 Å². The topological polar surface area (TPSA) is 107 Å². The van der Waals surface area contributed by atoms with Gasteiger partial charge in [-0.15, -0.1) is 10.2 Å². The standard InChI is InChI=1S/C11H12N6S/c1-2-10-15-16-11(17(10)14)18-9-4-3-7(6-12)5-8(9)13/h3-5H,2,13-14H2,1H3. The molecule has 0 saturated carbocycles. The molecule has 1 heterocycles. The highest BCUT2D eigenvalue weighted by molar-refractivity contribution is 7.99. The Morgan fingerprint density at radius 2 is 2.22 bits per heavy atom. The minimum atomic E-state index is 0.528. The first kappa shape index (κ1) is 12.3. The van der Waals surface area contributed by atoms with E-state index in [1.165, 1.54) is 16.4 Å². The van der Waals surface area contributed by atoms with Gasteiger partial charge in [-0.1, -0.05) is 6.92 Å². The summed E-state index contributed by atoms with van der Waals surface area (Å²) >= 11 is 1.33. The average Bonchev–Trinajstić information content (AvgIpc) is 2.73. The van der Waals surface area contributed by atoms with E-state index in [0.717, 1.165) is 4.90 Å². The molecule has 0 amide bonds. The van der Waals surface area contributed by atoms with E-state index in [9.17, 15) is 0 Å². The van der Waals surface area contributed by atoms with Gasteiger partial charge in [0.2, 0.25) is 5.16 Å². The van der Waals surface area contributed by atoms with Gasteiger partial charge in [0.25, 0.3) is 0 Å². The molecule has 0 unspecified atom stereocenters. The molecule has 2 aromatic rings. The van der Waals surface area contributed by atoms with Gasteiger partial charge in [0.05, 0.1) is 11.6 Å². The molecular weight excluding hydrogens is 248 g/mol. The Morgan fingerprint density at radius 3 is 2.78 bits per heavy atom. The maximum absolute atomic E-state index is 8.76. The molecule has 7 heteroatoms. The number of hydrogen-bond donors (Lipinski definition) is 2. The summed E-state index contributed by atoms with van der Waals surface area (Å²) in [6.45, 7) is 1.96. The highest BCUT2D eigenvalue weighted by Crippen LogP contribution is 2.30. The number of nitriles is 1. The number of nitrogen functional groups attached to an aromatic ring is 2. The fraction of sp³-hybridized carbons (Fsp3) is 0.182. The third kappa shape index (κ3) is 2.24. The molecule has 1 aromatic heterocycles. The van der Waals surface area contributed by atoms with Crippen molar-refractivity contribution in [3.8, 4) is 6.07 Å². The molecule has 0 atom stereocenters. The van der Waals surface area contributed by atoms with Crippen molar-refractivity contribution in [3.63, 3.8) is 0 Å². The number of rotatable bonds is 3. The summed E-state index contributed by atoms with van der Waals surface area (Å²) < 4.78 is 1.45. The molecular formula is C11H12N6S. The van der Waals surface area contributed by atoms with Gasteiger partial charge in [0.1, 0.15) is 0 Å². The van der Waals surface area contributed by atoms with E-state index in [-0.39, 0.29) is 0 Å². The third-order valence-corrected chi connectivity index (χ3v) is 3.44. The van der Waals surface area contributed by atoms with Crippen molar-refractivity contribution >= 4 is 17.4 Å². The van der Waals surface area contributed by atoms with Gasteiger partial charge < -0.3 is 11.6 Å². The number of nitrogens with two attached hydrogens (primary N) is 2. The second kappa shape index (κ2) is 4.98. The van der Waals surface area contributed by atoms with Crippen LogP contribution in [0.2, 0.25) is 0 Å². The van der Waals surface area contributed by atoms with Gasteiger partial charge >= 0.3 is 0 Å². The number of hydrogen-bond acceptors (Lipinski definition) is 6. The lowest BCUT2D eigenvalue weighted by Crippen LogP contribution is -2.13. The molecule has 0 saturated heterocycles. The van der Waals surface area contributed by atoms with Crippen molar-refractivity contribution in [2.24, 2.45) is 0 Å². The van der Waals surface area contributed by atoms with Crippen LogP contribution in [0.1, 0.15) is 18.3 Å². The molecule has 0 fully saturated rings. The Labute approximate surface area is 109 Å². The zero-order chi connectivity index (χ0) is 13.1. The van der Waals surface area contributed by atoms with Gasteiger partial charge in [0, 0.05) is 17.0 Å². The van der Waals surface area contributed by atoms with Crippen molar-refractivity contribution < 1.29 is 0 Å². The summed E-state index contributed by atoms with van der Waals surface area (Å²) in [6.07, 6.45) is 0.715. The molecule has 0 spiro atoms. The highest BCUT2D eigenvalue weighted by atomic mass is 32.2. The number of aromatic nitrogens is 3. The fourth-order valence-electron chi connectivity index (χ4n) is 1.43. The van der Waals surface area contributed by atoms with Crippen LogP contribution in [0.3, 0.4) is 0 Å². The van der Waals surface area contributed by atoms with Crippen molar-refractivity contribution in [3.05, 3.63) is 29.6 Å². The van der Waals surface area contributed by atoms with Crippen LogP contribution in [-0.2, 0) is 6.42 Å². The molecule has 6 nitrogen and oxygen atoms in total. The Bertz CT molecular complexity index is 612. The SMILES string of the molecule is CCc1nnc(Sc2ccc(C#N)cc2N)n1N. The average molecular weight is 260 g/mol.